The third-order valence-electron chi connectivity index (χ3n) is 6.38. The number of para-hydroxylation sites is 2. The minimum absolute atomic E-state index is 0.0161. The Morgan fingerprint density at radius 1 is 1.12 bits per heavy atom. The Balaban J connectivity index is 1.51. The quantitative estimate of drug-likeness (QED) is 0.635. The van der Waals surface area contributed by atoms with Crippen molar-refractivity contribution in [2.24, 2.45) is 0 Å². The summed E-state index contributed by atoms with van der Waals surface area (Å²) in [5, 5.41) is 10.8. The minimum Gasteiger partial charge on any atom is -0.508 e. The second-order valence-corrected chi connectivity index (χ2v) is 8.52. The second kappa shape index (κ2) is 8.22. The van der Waals surface area contributed by atoms with Gasteiger partial charge in [0.25, 0.3) is 5.91 Å². The molecule has 32 heavy (non-hydrogen) atoms. The van der Waals surface area contributed by atoms with Crippen LogP contribution in [0.15, 0.2) is 51.7 Å². The minimum atomic E-state index is -0.597. The van der Waals surface area contributed by atoms with E-state index >= 15 is 0 Å². The summed E-state index contributed by atoms with van der Waals surface area (Å²) in [7, 11) is 0. The summed E-state index contributed by atoms with van der Waals surface area (Å²) in [5.74, 6) is 0.763. The van der Waals surface area contributed by atoms with E-state index in [0.717, 1.165) is 49.0 Å². The number of phenols is 1. The van der Waals surface area contributed by atoms with Crippen LogP contribution in [-0.4, -0.2) is 41.7 Å². The summed E-state index contributed by atoms with van der Waals surface area (Å²) in [6, 6.07) is 12.5. The lowest BCUT2D eigenvalue weighted by Crippen LogP contribution is -2.51. The first-order valence-corrected chi connectivity index (χ1v) is 11.1. The molecular weight excluding hydrogens is 408 g/mol. The van der Waals surface area contributed by atoms with Crippen molar-refractivity contribution in [3.8, 4) is 11.5 Å². The number of phenolic OH excluding ortho intramolecular Hbond substituents is 1. The van der Waals surface area contributed by atoms with Crippen molar-refractivity contribution in [1.29, 1.82) is 0 Å². The van der Waals surface area contributed by atoms with Gasteiger partial charge in [-0.2, -0.15) is 0 Å². The van der Waals surface area contributed by atoms with Crippen LogP contribution in [0.4, 0.5) is 5.69 Å². The van der Waals surface area contributed by atoms with Crippen LogP contribution in [0.3, 0.4) is 0 Å². The zero-order valence-corrected chi connectivity index (χ0v) is 18.0. The number of amides is 1. The van der Waals surface area contributed by atoms with Crippen molar-refractivity contribution in [1.82, 2.24) is 4.90 Å². The fourth-order valence-corrected chi connectivity index (χ4v) is 4.66. The molecule has 3 aromatic rings. The number of hydrogen-bond acceptors (Lipinski definition) is 6. The number of carbonyl (C=O) groups is 1. The lowest BCUT2D eigenvalue weighted by Gasteiger charge is -2.38. The maximum Gasteiger partial charge on any atom is 0.336 e. The summed E-state index contributed by atoms with van der Waals surface area (Å²) in [6.45, 7) is 4.07. The van der Waals surface area contributed by atoms with E-state index in [1.54, 1.807) is 19.1 Å². The van der Waals surface area contributed by atoms with Crippen LogP contribution in [0.25, 0.3) is 11.0 Å². The second-order valence-electron chi connectivity index (χ2n) is 8.52. The molecular formula is C25H26N2O5. The molecule has 0 saturated carbocycles. The normalized spacial score (nSPS) is 18.3. The first kappa shape index (κ1) is 20.4. The Morgan fingerprint density at radius 2 is 1.91 bits per heavy atom. The van der Waals surface area contributed by atoms with Gasteiger partial charge in [0.15, 0.2) is 6.10 Å². The molecule has 1 N–H and O–H groups in total. The highest BCUT2D eigenvalue weighted by Gasteiger charge is 2.34. The number of rotatable bonds is 3. The number of likely N-dealkylation sites (tertiary alicyclic amines) is 1. The Labute approximate surface area is 185 Å². The predicted octanol–water partition coefficient (Wildman–Crippen LogP) is 3.59. The molecule has 3 heterocycles. The highest BCUT2D eigenvalue weighted by atomic mass is 16.5. The van der Waals surface area contributed by atoms with Crippen molar-refractivity contribution < 1.29 is 19.1 Å². The van der Waals surface area contributed by atoms with E-state index in [1.165, 1.54) is 6.07 Å². The SMILES string of the molecule is Cc1c(O)ccc2c(CN3CC(C(=O)N4CCCCC4)Oc4ccccc43)cc(=O)oc12. The van der Waals surface area contributed by atoms with Gasteiger partial charge in [-0.25, -0.2) is 4.79 Å². The number of piperidine rings is 1. The van der Waals surface area contributed by atoms with Gasteiger partial charge in [-0.15, -0.1) is 0 Å². The number of aryl methyl sites for hydroxylation is 1. The van der Waals surface area contributed by atoms with Crippen molar-refractivity contribution in [3.05, 3.63) is 64.0 Å². The average Bonchev–Trinajstić information content (AvgIpc) is 2.81. The molecule has 1 aromatic heterocycles. The number of aromatic hydroxyl groups is 1. The van der Waals surface area contributed by atoms with Crippen molar-refractivity contribution in [2.45, 2.75) is 38.8 Å². The van der Waals surface area contributed by atoms with E-state index in [2.05, 4.69) is 4.90 Å². The van der Waals surface area contributed by atoms with Gasteiger partial charge >= 0.3 is 5.63 Å². The van der Waals surface area contributed by atoms with Crippen LogP contribution < -0.4 is 15.3 Å². The van der Waals surface area contributed by atoms with Gasteiger partial charge in [0.05, 0.1) is 12.2 Å². The van der Waals surface area contributed by atoms with Crippen LogP contribution in [0.2, 0.25) is 0 Å². The molecule has 1 fully saturated rings. The smallest absolute Gasteiger partial charge is 0.336 e. The van der Waals surface area contributed by atoms with Crippen LogP contribution in [0.5, 0.6) is 11.5 Å². The molecule has 1 saturated heterocycles. The molecule has 1 unspecified atom stereocenters. The Bertz CT molecular complexity index is 1230. The van der Waals surface area contributed by atoms with E-state index in [9.17, 15) is 14.7 Å². The summed E-state index contributed by atoms with van der Waals surface area (Å²) in [6.07, 6.45) is 2.61. The van der Waals surface area contributed by atoms with E-state index in [0.29, 0.717) is 30.0 Å². The first-order valence-electron chi connectivity index (χ1n) is 11.1. The number of anilines is 1. The number of nitrogens with zero attached hydrogens (tertiary/aromatic N) is 2. The van der Waals surface area contributed by atoms with Crippen LogP contribution in [0.1, 0.15) is 30.4 Å². The monoisotopic (exact) mass is 434 g/mol. The van der Waals surface area contributed by atoms with Gasteiger partial charge in [0.1, 0.15) is 17.1 Å². The number of fused-ring (bicyclic) bond motifs is 2. The number of benzene rings is 2. The Morgan fingerprint density at radius 3 is 2.72 bits per heavy atom. The third-order valence-corrected chi connectivity index (χ3v) is 6.38. The lowest BCUT2D eigenvalue weighted by molar-refractivity contribution is -0.139. The van der Waals surface area contributed by atoms with E-state index in [-0.39, 0.29) is 11.7 Å². The summed E-state index contributed by atoms with van der Waals surface area (Å²) < 4.78 is 11.5. The van der Waals surface area contributed by atoms with Gasteiger partial charge in [-0.1, -0.05) is 12.1 Å². The van der Waals surface area contributed by atoms with E-state index in [1.807, 2.05) is 29.2 Å². The van der Waals surface area contributed by atoms with E-state index in [4.69, 9.17) is 9.15 Å². The molecule has 2 aliphatic heterocycles. The van der Waals surface area contributed by atoms with Crippen LogP contribution in [0, 0.1) is 6.92 Å². The maximum atomic E-state index is 13.2. The van der Waals surface area contributed by atoms with E-state index < -0.39 is 11.7 Å². The highest BCUT2D eigenvalue weighted by molar-refractivity contribution is 5.86. The standard InChI is InChI=1S/C25H26N2O5/c1-16-20(28)10-9-18-17(13-23(29)32-24(16)18)14-27-15-22(25(30)26-11-5-2-6-12-26)31-21-8-4-3-7-19(21)27/h3-4,7-10,13,22,28H,2,5-6,11-12,14-15H2,1H3. The summed E-state index contributed by atoms with van der Waals surface area (Å²) >= 11 is 0. The van der Waals surface area contributed by atoms with Crippen molar-refractivity contribution >= 4 is 22.6 Å². The number of carbonyl (C=O) groups excluding carboxylic acids is 1. The van der Waals surface area contributed by atoms with Crippen LogP contribution >= 0.6 is 0 Å². The molecule has 0 bridgehead atoms. The lowest BCUT2D eigenvalue weighted by atomic mass is 10.0. The van der Waals surface area contributed by atoms with Gasteiger partial charge < -0.3 is 24.1 Å². The van der Waals surface area contributed by atoms with Crippen LogP contribution in [-0.2, 0) is 11.3 Å². The fraction of sp³-hybridized carbons (Fsp3) is 0.360. The summed E-state index contributed by atoms with van der Waals surface area (Å²) in [5.41, 5.74) is 2.10. The average molecular weight is 434 g/mol. The molecule has 0 aliphatic carbocycles. The molecule has 1 amide bonds. The van der Waals surface area contributed by atoms with Gasteiger partial charge in [-0.05, 0) is 56.0 Å². The molecule has 166 valence electrons. The topological polar surface area (TPSA) is 83.2 Å². The molecule has 7 heteroatoms. The number of hydrogen-bond donors (Lipinski definition) is 1. The molecule has 0 radical (unpaired) electrons. The highest BCUT2D eigenvalue weighted by Crippen LogP contribution is 2.36. The number of ether oxygens (including phenoxy) is 1. The van der Waals surface area contributed by atoms with Gasteiger partial charge in [0, 0.05) is 36.7 Å². The third kappa shape index (κ3) is 3.68. The fourth-order valence-electron chi connectivity index (χ4n) is 4.66. The van der Waals surface area contributed by atoms with Crippen molar-refractivity contribution in [3.63, 3.8) is 0 Å². The Hall–Kier alpha value is -3.48. The maximum absolute atomic E-state index is 13.2. The molecule has 2 aromatic carbocycles. The molecule has 5 rings (SSSR count). The Kier molecular flexibility index (Phi) is 5.25. The van der Waals surface area contributed by atoms with Gasteiger partial charge in [-0.3, -0.25) is 4.79 Å². The zero-order valence-electron chi connectivity index (χ0n) is 18.0. The predicted molar refractivity (Wildman–Crippen MR) is 121 cm³/mol. The molecule has 2 aliphatic rings. The molecule has 7 nitrogen and oxygen atoms in total. The van der Waals surface area contributed by atoms with Gasteiger partial charge in [0.2, 0.25) is 0 Å². The first-order chi connectivity index (χ1) is 15.5. The molecule has 0 spiro atoms. The largest absolute Gasteiger partial charge is 0.508 e. The van der Waals surface area contributed by atoms with Crippen molar-refractivity contribution in [2.75, 3.05) is 24.5 Å². The summed E-state index contributed by atoms with van der Waals surface area (Å²) in [4.78, 5) is 29.5. The molecule has 1 atom stereocenters. The zero-order chi connectivity index (χ0) is 22.2.